The normalized spacial score (nSPS) is 15.3. The van der Waals surface area contributed by atoms with Gasteiger partial charge in [0, 0.05) is 36.4 Å². The molecule has 11 heteroatoms. The maximum Gasteiger partial charge on any atom is 0.230 e. The van der Waals surface area contributed by atoms with Crippen LogP contribution < -0.4 is 11.1 Å². The quantitative estimate of drug-likeness (QED) is 0.431. The summed E-state index contributed by atoms with van der Waals surface area (Å²) in [5.41, 5.74) is 8.41. The number of likely N-dealkylation sites (tertiary alicyclic amines) is 1. The number of thioether (sulfide) groups is 1. The second-order valence-corrected chi connectivity index (χ2v) is 11.0. The van der Waals surface area contributed by atoms with Gasteiger partial charge in [-0.2, -0.15) is 0 Å². The molecule has 0 spiro atoms. The number of nitrogens with one attached hydrogen (secondary N) is 1. The van der Waals surface area contributed by atoms with E-state index in [-0.39, 0.29) is 11.9 Å². The molecule has 1 saturated heterocycles. The Morgan fingerprint density at radius 1 is 1.16 bits per heavy atom. The number of rotatable bonds is 7. The highest BCUT2D eigenvalue weighted by Gasteiger charge is 2.21. The van der Waals surface area contributed by atoms with E-state index in [1.807, 2.05) is 29.0 Å². The van der Waals surface area contributed by atoms with Crippen LogP contribution in [0.25, 0.3) is 11.4 Å². The molecule has 1 aromatic carbocycles. The standard InChI is InChI=1S/C20H21Cl2N5OS3/c21-14-2-1-12(7-15(14)22)8-27-5-3-13(4-6-27)24-18(28)11-31-20-26-17(10-30-20)16-9-29-19(23)25-16/h1-2,7,9-10,13H,3-6,8,11H2,(H2,23,25)(H,24,28). The van der Waals surface area contributed by atoms with Crippen LogP contribution in [0.1, 0.15) is 18.4 Å². The minimum Gasteiger partial charge on any atom is -0.375 e. The smallest absolute Gasteiger partial charge is 0.230 e. The Morgan fingerprint density at radius 3 is 2.61 bits per heavy atom. The van der Waals surface area contributed by atoms with Crippen molar-refractivity contribution in [2.24, 2.45) is 0 Å². The fourth-order valence-corrected chi connectivity index (χ4v) is 5.88. The zero-order chi connectivity index (χ0) is 21.8. The lowest BCUT2D eigenvalue weighted by Gasteiger charge is -2.32. The van der Waals surface area contributed by atoms with Crippen molar-refractivity contribution in [2.75, 3.05) is 24.6 Å². The largest absolute Gasteiger partial charge is 0.375 e. The van der Waals surface area contributed by atoms with Crippen LogP contribution in [-0.4, -0.2) is 45.7 Å². The average molecular weight is 515 g/mol. The molecule has 3 heterocycles. The van der Waals surface area contributed by atoms with Gasteiger partial charge < -0.3 is 11.1 Å². The van der Waals surface area contributed by atoms with Crippen molar-refractivity contribution in [3.8, 4) is 11.4 Å². The van der Waals surface area contributed by atoms with Crippen LogP contribution in [-0.2, 0) is 11.3 Å². The van der Waals surface area contributed by atoms with Crippen LogP contribution in [0.4, 0.5) is 5.13 Å². The number of nitrogens with two attached hydrogens (primary N) is 1. The van der Waals surface area contributed by atoms with Crippen molar-refractivity contribution in [1.82, 2.24) is 20.2 Å². The van der Waals surface area contributed by atoms with E-state index in [1.165, 1.54) is 34.4 Å². The molecule has 1 amide bonds. The summed E-state index contributed by atoms with van der Waals surface area (Å²) >= 11 is 16.5. The molecular formula is C20H21Cl2N5OS3. The van der Waals surface area contributed by atoms with E-state index in [9.17, 15) is 4.79 Å². The predicted molar refractivity (Wildman–Crippen MR) is 131 cm³/mol. The van der Waals surface area contributed by atoms with Gasteiger partial charge in [0.1, 0.15) is 11.4 Å². The number of hydrogen-bond acceptors (Lipinski definition) is 8. The number of carbonyl (C=O) groups is 1. The number of anilines is 1. The summed E-state index contributed by atoms with van der Waals surface area (Å²) in [7, 11) is 0. The van der Waals surface area contributed by atoms with Crippen LogP contribution in [0, 0.1) is 0 Å². The summed E-state index contributed by atoms with van der Waals surface area (Å²) in [6.45, 7) is 2.71. The molecule has 1 aliphatic heterocycles. The Bertz CT molecular complexity index is 1050. The minimum atomic E-state index is 0.0441. The number of nitrogens with zero attached hydrogens (tertiary/aromatic N) is 3. The van der Waals surface area contributed by atoms with Crippen molar-refractivity contribution >= 4 is 68.7 Å². The summed E-state index contributed by atoms with van der Waals surface area (Å²) < 4.78 is 0.855. The molecular weight excluding hydrogens is 493 g/mol. The molecule has 1 aliphatic rings. The summed E-state index contributed by atoms with van der Waals surface area (Å²) in [5.74, 6) is 0.401. The zero-order valence-corrected chi connectivity index (χ0v) is 20.5. The van der Waals surface area contributed by atoms with Gasteiger partial charge in [-0.25, -0.2) is 9.97 Å². The Morgan fingerprint density at radius 2 is 1.90 bits per heavy atom. The van der Waals surface area contributed by atoms with Crippen LogP contribution >= 0.6 is 57.6 Å². The van der Waals surface area contributed by atoms with Gasteiger partial charge in [-0.05, 0) is 30.5 Å². The van der Waals surface area contributed by atoms with Crippen molar-refractivity contribution in [3.63, 3.8) is 0 Å². The molecule has 0 radical (unpaired) electrons. The lowest BCUT2D eigenvalue weighted by atomic mass is 10.0. The number of nitrogen functional groups attached to an aromatic ring is 1. The fraction of sp³-hybridized carbons (Fsp3) is 0.350. The summed E-state index contributed by atoms with van der Waals surface area (Å²) in [5, 5.41) is 8.68. The van der Waals surface area contributed by atoms with Gasteiger partial charge in [0.05, 0.1) is 15.8 Å². The van der Waals surface area contributed by atoms with E-state index in [4.69, 9.17) is 28.9 Å². The molecule has 0 unspecified atom stereocenters. The number of hydrogen-bond donors (Lipinski definition) is 2. The highest BCUT2D eigenvalue weighted by Crippen LogP contribution is 2.29. The fourth-order valence-electron chi connectivity index (χ4n) is 3.37. The second-order valence-electron chi connectivity index (χ2n) is 7.22. The molecule has 0 saturated carbocycles. The lowest BCUT2D eigenvalue weighted by molar-refractivity contribution is -0.119. The Balaban J connectivity index is 1.19. The number of benzene rings is 1. The molecule has 1 fully saturated rings. The van der Waals surface area contributed by atoms with Crippen LogP contribution in [0.5, 0.6) is 0 Å². The van der Waals surface area contributed by atoms with E-state index in [1.54, 1.807) is 0 Å². The first-order valence-corrected chi connectivity index (χ1v) is 13.2. The van der Waals surface area contributed by atoms with E-state index in [2.05, 4.69) is 20.2 Å². The maximum atomic E-state index is 12.4. The summed E-state index contributed by atoms with van der Waals surface area (Å²) in [6, 6.07) is 5.97. The molecule has 4 rings (SSSR count). The third-order valence-electron chi connectivity index (χ3n) is 4.94. The number of thiazole rings is 2. The third-order valence-corrected chi connectivity index (χ3v) is 8.37. The molecule has 0 aliphatic carbocycles. The first-order chi connectivity index (χ1) is 15.0. The molecule has 6 nitrogen and oxygen atoms in total. The van der Waals surface area contributed by atoms with Gasteiger partial charge in [-0.1, -0.05) is 41.0 Å². The van der Waals surface area contributed by atoms with Gasteiger partial charge in [0.2, 0.25) is 5.91 Å². The lowest BCUT2D eigenvalue weighted by Crippen LogP contribution is -2.44. The number of piperidine rings is 1. The maximum absolute atomic E-state index is 12.4. The van der Waals surface area contributed by atoms with Crippen molar-refractivity contribution in [3.05, 3.63) is 44.6 Å². The molecule has 3 aromatic rings. The monoisotopic (exact) mass is 513 g/mol. The van der Waals surface area contributed by atoms with Crippen LogP contribution in [0.15, 0.2) is 33.3 Å². The Labute approximate surface area is 203 Å². The number of aromatic nitrogens is 2. The molecule has 31 heavy (non-hydrogen) atoms. The molecule has 2 aromatic heterocycles. The first-order valence-electron chi connectivity index (χ1n) is 9.71. The number of halogens is 2. The predicted octanol–water partition coefficient (Wildman–Crippen LogP) is 5.03. The molecule has 3 N–H and O–H groups in total. The number of amides is 1. The minimum absolute atomic E-state index is 0.0441. The van der Waals surface area contributed by atoms with E-state index < -0.39 is 0 Å². The third kappa shape index (κ3) is 6.34. The summed E-state index contributed by atoms with van der Waals surface area (Å²) in [4.78, 5) is 23.5. The Hall–Kier alpha value is -1.36. The number of carbonyl (C=O) groups excluding carboxylic acids is 1. The van der Waals surface area contributed by atoms with Gasteiger partial charge in [0.15, 0.2) is 9.47 Å². The molecule has 0 atom stereocenters. The first kappa shape index (κ1) is 22.8. The highest BCUT2D eigenvalue weighted by atomic mass is 35.5. The van der Waals surface area contributed by atoms with Crippen LogP contribution in [0.2, 0.25) is 10.0 Å². The second kappa shape index (κ2) is 10.5. The van der Waals surface area contributed by atoms with Gasteiger partial charge in [-0.3, -0.25) is 9.69 Å². The van der Waals surface area contributed by atoms with Crippen molar-refractivity contribution in [2.45, 2.75) is 29.8 Å². The van der Waals surface area contributed by atoms with Crippen LogP contribution in [0.3, 0.4) is 0 Å². The highest BCUT2D eigenvalue weighted by molar-refractivity contribution is 8.01. The SMILES string of the molecule is Nc1nc(-c2csc(SCC(=O)NC3CCN(Cc4ccc(Cl)c(Cl)c4)CC3)n2)cs1. The molecule has 0 bridgehead atoms. The summed E-state index contributed by atoms with van der Waals surface area (Å²) in [6.07, 6.45) is 1.87. The van der Waals surface area contributed by atoms with Gasteiger partial charge >= 0.3 is 0 Å². The van der Waals surface area contributed by atoms with Gasteiger partial charge in [0.25, 0.3) is 0 Å². The Kier molecular flexibility index (Phi) is 7.73. The van der Waals surface area contributed by atoms with E-state index in [0.29, 0.717) is 20.9 Å². The van der Waals surface area contributed by atoms with Crippen molar-refractivity contribution in [1.29, 1.82) is 0 Å². The zero-order valence-electron chi connectivity index (χ0n) is 16.5. The van der Waals surface area contributed by atoms with E-state index >= 15 is 0 Å². The topological polar surface area (TPSA) is 84.1 Å². The molecule has 164 valence electrons. The van der Waals surface area contributed by atoms with E-state index in [0.717, 1.165) is 53.8 Å². The van der Waals surface area contributed by atoms with Crippen molar-refractivity contribution < 1.29 is 4.79 Å². The average Bonchev–Trinajstić information content (AvgIpc) is 3.40. The van der Waals surface area contributed by atoms with Gasteiger partial charge in [-0.15, -0.1) is 22.7 Å².